The molecule has 3 aliphatic heterocycles. The molecule has 3 aliphatic rings. The summed E-state index contributed by atoms with van der Waals surface area (Å²) in [6, 6.07) is 0.888. The molecule has 1 N–H and O–H groups in total. The van der Waals surface area contributed by atoms with Gasteiger partial charge in [0, 0.05) is 43.7 Å². The second-order valence-electron chi connectivity index (χ2n) is 10.9. The Morgan fingerprint density at radius 3 is 1.79 bits per heavy atom. The number of rotatable bonds is 6. The van der Waals surface area contributed by atoms with Crippen LogP contribution >= 0.6 is 0 Å². The molecule has 0 saturated carbocycles. The van der Waals surface area contributed by atoms with Crippen molar-refractivity contribution in [2.75, 3.05) is 65.7 Å². The highest BCUT2D eigenvalue weighted by Crippen LogP contribution is 2.51. The Labute approximate surface area is 179 Å². The molecule has 0 aliphatic carbocycles. The number of piperidine rings is 1. The maximum Gasteiger partial charge on any atom is 0.0594 e. The van der Waals surface area contributed by atoms with E-state index in [9.17, 15) is 0 Å². The quantitative estimate of drug-likeness (QED) is 0.731. The van der Waals surface area contributed by atoms with Crippen molar-refractivity contribution >= 4 is 0 Å². The summed E-state index contributed by atoms with van der Waals surface area (Å²) in [5.74, 6) is 1.19. The second-order valence-corrected chi connectivity index (χ2v) is 10.9. The van der Waals surface area contributed by atoms with E-state index in [1.807, 2.05) is 0 Å². The van der Waals surface area contributed by atoms with Gasteiger partial charge in [0.05, 0.1) is 26.4 Å². The monoisotopic (exact) mass is 408 g/mol. The Hall–Kier alpha value is -0.200. The van der Waals surface area contributed by atoms with Gasteiger partial charge in [0.1, 0.15) is 0 Å². The van der Waals surface area contributed by atoms with Gasteiger partial charge in [0.25, 0.3) is 0 Å². The fraction of sp³-hybridized carbons (Fsp3) is 0.958. The SMILES string of the molecule is [CH2]C(C1CCNCC1)(C(C(C)C)N1CCOCC1)C(N1CCOCC1)C(C)(C)C. The zero-order valence-electron chi connectivity index (χ0n) is 19.7. The molecule has 3 heterocycles. The molecule has 0 aromatic heterocycles. The number of nitrogens with one attached hydrogen (secondary N) is 1. The predicted molar refractivity (Wildman–Crippen MR) is 120 cm³/mol. The summed E-state index contributed by atoms with van der Waals surface area (Å²) in [5.41, 5.74) is 0.132. The van der Waals surface area contributed by atoms with Gasteiger partial charge in [-0.05, 0) is 50.1 Å². The molecule has 3 atom stereocenters. The van der Waals surface area contributed by atoms with Crippen molar-refractivity contribution in [1.29, 1.82) is 0 Å². The molecule has 1 radical (unpaired) electrons. The summed E-state index contributed by atoms with van der Waals surface area (Å²) in [6.45, 7) is 27.1. The van der Waals surface area contributed by atoms with Gasteiger partial charge in [0.15, 0.2) is 0 Å². The van der Waals surface area contributed by atoms with Gasteiger partial charge in [-0.15, -0.1) is 0 Å². The van der Waals surface area contributed by atoms with Crippen LogP contribution in [-0.4, -0.2) is 87.6 Å². The standard InChI is InChI=1S/C24H46N3O2/c1-19(2)21(26-11-15-28-16-12-26)24(6,20-7-9-25-10-8-20)22(23(3,4)5)27-13-17-29-18-14-27/h19-22,25H,6-18H2,1-5H3. The van der Waals surface area contributed by atoms with Crippen LogP contribution in [0.25, 0.3) is 0 Å². The summed E-state index contributed by atoms with van der Waals surface area (Å²) in [4.78, 5) is 5.46. The lowest BCUT2D eigenvalue weighted by atomic mass is 9.55. The third kappa shape index (κ3) is 5.17. The van der Waals surface area contributed by atoms with Crippen LogP contribution in [0.5, 0.6) is 0 Å². The van der Waals surface area contributed by atoms with E-state index in [0.29, 0.717) is 23.9 Å². The van der Waals surface area contributed by atoms with Crippen molar-refractivity contribution in [2.45, 2.75) is 59.5 Å². The Kier molecular flexibility index (Phi) is 8.05. The minimum absolute atomic E-state index is 0.0246. The summed E-state index contributed by atoms with van der Waals surface area (Å²) < 4.78 is 11.5. The van der Waals surface area contributed by atoms with E-state index >= 15 is 0 Å². The van der Waals surface area contributed by atoms with Gasteiger partial charge in [0.2, 0.25) is 0 Å². The smallest absolute Gasteiger partial charge is 0.0594 e. The van der Waals surface area contributed by atoms with E-state index in [2.05, 4.69) is 49.7 Å². The molecule has 29 heavy (non-hydrogen) atoms. The first-order valence-electron chi connectivity index (χ1n) is 12.0. The van der Waals surface area contributed by atoms with Crippen LogP contribution in [0.1, 0.15) is 47.5 Å². The molecule has 0 aromatic rings. The third-order valence-corrected chi connectivity index (χ3v) is 7.46. The van der Waals surface area contributed by atoms with Gasteiger partial charge >= 0.3 is 0 Å². The molecule has 0 spiro atoms. The fourth-order valence-corrected chi connectivity index (χ4v) is 6.75. The molecule has 0 aromatic carbocycles. The Morgan fingerprint density at radius 1 is 0.862 bits per heavy atom. The molecule has 3 fully saturated rings. The van der Waals surface area contributed by atoms with E-state index < -0.39 is 0 Å². The maximum atomic E-state index is 5.75. The highest BCUT2D eigenvalue weighted by atomic mass is 16.5. The zero-order chi connectivity index (χ0) is 21.1. The number of hydrogen-bond acceptors (Lipinski definition) is 5. The first-order valence-corrected chi connectivity index (χ1v) is 12.0. The average molecular weight is 409 g/mol. The van der Waals surface area contributed by atoms with Crippen LogP contribution in [0.4, 0.5) is 0 Å². The predicted octanol–water partition coefficient (Wildman–Crippen LogP) is 2.91. The lowest BCUT2D eigenvalue weighted by Gasteiger charge is -2.61. The van der Waals surface area contributed by atoms with E-state index in [1.54, 1.807) is 0 Å². The molecular weight excluding hydrogens is 362 g/mol. The lowest BCUT2D eigenvalue weighted by molar-refractivity contribution is -0.124. The molecule has 169 valence electrons. The van der Waals surface area contributed by atoms with Gasteiger partial charge in [-0.3, -0.25) is 9.80 Å². The molecule has 3 unspecified atom stereocenters. The van der Waals surface area contributed by atoms with Crippen LogP contribution in [0.15, 0.2) is 0 Å². The molecule has 5 nitrogen and oxygen atoms in total. The van der Waals surface area contributed by atoms with Crippen LogP contribution in [0.2, 0.25) is 0 Å². The Morgan fingerprint density at radius 2 is 1.34 bits per heavy atom. The molecule has 0 bridgehead atoms. The highest BCUT2D eigenvalue weighted by molar-refractivity contribution is 5.12. The number of hydrogen-bond donors (Lipinski definition) is 1. The summed E-state index contributed by atoms with van der Waals surface area (Å²) in [6.07, 6.45) is 2.46. The highest BCUT2D eigenvalue weighted by Gasteiger charge is 2.55. The Balaban J connectivity index is 2.05. The van der Waals surface area contributed by atoms with Crippen molar-refractivity contribution in [3.63, 3.8) is 0 Å². The third-order valence-electron chi connectivity index (χ3n) is 7.46. The van der Waals surface area contributed by atoms with E-state index in [0.717, 1.165) is 65.7 Å². The first-order chi connectivity index (χ1) is 13.8. The fourth-order valence-electron chi connectivity index (χ4n) is 6.75. The summed E-state index contributed by atoms with van der Waals surface area (Å²) in [7, 11) is 0. The normalized spacial score (nSPS) is 28.2. The van der Waals surface area contributed by atoms with Crippen molar-refractivity contribution in [3.8, 4) is 0 Å². The number of ether oxygens (including phenoxy) is 2. The van der Waals surface area contributed by atoms with Crippen LogP contribution in [0, 0.1) is 29.6 Å². The summed E-state index contributed by atoms with van der Waals surface area (Å²) in [5, 5.41) is 3.60. The number of morpholine rings is 2. The van der Waals surface area contributed by atoms with Gasteiger partial charge in [-0.1, -0.05) is 34.6 Å². The van der Waals surface area contributed by atoms with Crippen molar-refractivity contribution in [3.05, 3.63) is 6.92 Å². The molecule has 3 saturated heterocycles. The average Bonchev–Trinajstić information content (AvgIpc) is 2.69. The number of nitrogens with zero attached hydrogens (tertiary/aromatic N) is 2. The first kappa shape index (κ1) is 23.5. The molecular formula is C24H46N3O2. The molecule has 0 amide bonds. The van der Waals surface area contributed by atoms with E-state index in [-0.39, 0.29) is 10.8 Å². The molecule has 5 heteroatoms. The van der Waals surface area contributed by atoms with Crippen molar-refractivity contribution in [2.24, 2.45) is 22.7 Å². The largest absolute Gasteiger partial charge is 0.379 e. The van der Waals surface area contributed by atoms with E-state index in [4.69, 9.17) is 16.4 Å². The zero-order valence-corrected chi connectivity index (χ0v) is 19.7. The van der Waals surface area contributed by atoms with Crippen molar-refractivity contribution < 1.29 is 9.47 Å². The maximum absolute atomic E-state index is 5.75. The minimum atomic E-state index is -0.0246. The van der Waals surface area contributed by atoms with Crippen molar-refractivity contribution in [1.82, 2.24) is 15.1 Å². The topological polar surface area (TPSA) is 37.0 Å². The van der Waals surface area contributed by atoms with Crippen LogP contribution < -0.4 is 5.32 Å². The van der Waals surface area contributed by atoms with E-state index in [1.165, 1.54) is 12.8 Å². The minimum Gasteiger partial charge on any atom is -0.379 e. The van der Waals surface area contributed by atoms with Gasteiger partial charge in [-0.2, -0.15) is 0 Å². The van der Waals surface area contributed by atoms with Crippen LogP contribution in [-0.2, 0) is 9.47 Å². The Bertz CT molecular complexity index is 489. The second kappa shape index (κ2) is 9.95. The summed E-state index contributed by atoms with van der Waals surface area (Å²) >= 11 is 0. The van der Waals surface area contributed by atoms with Crippen LogP contribution in [0.3, 0.4) is 0 Å². The lowest BCUT2D eigenvalue weighted by Crippen LogP contribution is -2.68. The molecule has 3 rings (SSSR count). The van der Waals surface area contributed by atoms with Gasteiger partial charge in [-0.25, -0.2) is 0 Å². The van der Waals surface area contributed by atoms with Gasteiger partial charge < -0.3 is 14.8 Å².